The van der Waals surface area contributed by atoms with Crippen molar-refractivity contribution in [3.05, 3.63) is 76.6 Å². The molecule has 194 valence electrons. The van der Waals surface area contributed by atoms with Gasteiger partial charge in [-0.15, -0.1) is 0 Å². The molecule has 0 saturated carbocycles. The third-order valence-electron chi connectivity index (χ3n) is 6.73. The number of nitrogens with one attached hydrogen (secondary N) is 2. The average molecular weight is 506 g/mol. The van der Waals surface area contributed by atoms with Crippen LogP contribution in [0.3, 0.4) is 0 Å². The smallest absolute Gasteiger partial charge is 0.272 e. The molecule has 0 bridgehead atoms. The van der Waals surface area contributed by atoms with Gasteiger partial charge in [-0.3, -0.25) is 19.1 Å². The summed E-state index contributed by atoms with van der Waals surface area (Å²) >= 11 is 0. The van der Waals surface area contributed by atoms with Gasteiger partial charge in [-0.2, -0.15) is 5.10 Å². The van der Waals surface area contributed by atoms with Crippen molar-refractivity contribution in [2.75, 3.05) is 21.3 Å². The lowest BCUT2D eigenvalue weighted by atomic mass is 9.95. The molecule has 3 amide bonds. The standard InChI is InChI=1S/C27H31N5O5/c1-17-6-8-18(9-7-17)14-29-26(35)27(2)16-32-22(25(34)31(27)3)13-21(30-32)24(33)28-15-19-10-11-20(36-4)12-23(19)37-5/h6-13H,14-16H2,1-5H3,(H,28,33)(H,29,35)/t27-/m0/s1. The molecule has 0 fully saturated rings. The molecular formula is C27H31N5O5. The fourth-order valence-electron chi connectivity index (χ4n) is 4.18. The van der Waals surface area contributed by atoms with Crippen LogP contribution in [0.4, 0.5) is 0 Å². The Labute approximate surface area is 215 Å². The first kappa shape index (κ1) is 25.7. The normalized spacial score (nSPS) is 16.7. The molecule has 1 aromatic heterocycles. The first-order chi connectivity index (χ1) is 17.7. The highest BCUT2D eigenvalue weighted by Gasteiger charge is 2.46. The van der Waals surface area contributed by atoms with Crippen LogP contribution in [0.15, 0.2) is 48.5 Å². The summed E-state index contributed by atoms with van der Waals surface area (Å²) in [6.07, 6.45) is 0. The number of hydrogen-bond acceptors (Lipinski definition) is 6. The van der Waals surface area contributed by atoms with Crippen LogP contribution in [-0.2, 0) is 24.4 Å². The van der Waals surface area contributed by atoms with Crippen LogP contribution in [-0.4, -0.2) is 59.2 Å². The number of ether oxygens (including phenoxy) is 2. The van der Waals surface area contributed by atoms with Gasteiger partial charge in [-0.05, 0) is 31.5 Å². The number of methoxy groups -OCH3 is 2. The Bertz CT molecular complexity index is 1330. The van der Waals surface area contributed by atoms with E-state index in [1.165, 1.54) is 15.6 Å². The maximum absolute atomic E-state index is 13.2. The SMILES string of the molecule is COc1ccc(CNC(=O)c2cc3n(n2)C[C@@](C)(C(=O)NCc2ccc(C)cc2)N(C)C3=O)c(OC)c1. The Balaban J connectivity index is 1.46. The molecule has 2 heterocycles. The van der Waals surface area contributed by atoms with Gasteiger partial charge >= 0.3 is 0 Å². The van der Waals surface area contributed by atoms with Gasteiger partial charge in [-0.25, -0.2) is 0 Å². The molecule has 0 aliphatic carbocycles. The molecule has 10 nitrogen and oxygen atoms in total. The molecule has 37 heavy (non-hydrogen) atoms. The molecule has 2 N–H and O–H groups in total. The van der Waals surface area contributed by atoms with E-state index in [4.69, 9.17) is 9.47 Å². The van der Waals surface area contributed by atoms with Crippen LogP contribution in [0, 0.1) is 6.92 Å². The van der Waals surface area contributed by atoms with E-state index in [1.54, 1.807) is 46.4 Å². The fraction of sp³-hybridized carbons (Fsp3) is 0.333. The third-order valence-corrected chi connectivity index (χ3v) is 6.73. The zero-order valence-corrected chi connectivity index (χ0v) is 21.6. The number of carbonyl (C=O) groups is 3. The lowest BCUT2D eigenvalue weighted by Crippen LogP contribution is -2.62. The van der Waals surface area contributed by atoms with Crippen molar-refractivity contribution >= 4 is 17.7 Å². The quantitative estimate of drug-likeness (QED) is 0.486. The van der Waals surface area contributed by atoms with E-state index in [2.05, 4.69) is 15.7 Å². The molecule has 10 heteroatoms. The van der Waals surface area contributed by atoms with E-state index < -0.39 is 11.4 Å². The number of amides is 3. The summed E-state index contributed by atoms with van der Waals surface area (Å²) in [5, 5.41) is 10.1. The summed E-state index contributed by atoms with van der Waals surface area (Å²) in [5.41, 5.74) is 2.01. The summed E-state index contributed by atoms with van der Waals surface area (Å²) in [6.45, 7) is 4.34. The van der Waals surface area contributed by atoms with Gasteiger partial charge < -0.3 is 25.0 Å². The first-order valence-electron chi connectivity index (χ1n) is 11.8. The molecule has 0 saturated heterocycles. The number of rotatable bonds is 8. The summed E-state index contributed by atoms with van der Waals surface area (Å²) in [7, 11) is 4.69. The van der Waals surface area contributed by atoms with Crippen LogP contribution >= 0.6 is 0 Å². The largest absolute Gasteiger partial charge is 0.497 e. The monoisotopic (exact) mass is 505 g/mol. The molecule has 1 atom stereocenters. The number of likely N-dealkylation sites (N-methyl/N-ethyl adjacent to an activating group) is 1. The Morgan fingerprint density at radius 3 is 2.43 bits per heavy atom. The Hall–Kier alpha value is -4.34. The minimum absolute atomic E-state index is 0.0912. The zero-order valence-electron chi connectivity index (χ0n) is 21.6. The number of benzene rings is 2. The highest BCUT2D eigenvalue weighted by molar-refractivity contribution is 6.01. The Morgan fingerprint density at radius 1 is 1.03 bits per heavy atom. The minimum Gasteiger partial charge on any atom is -0.497 e. The molecule has 0 spiro atoms. The predicted octanol–water partition coefficient (Wildman–Crippen LogP) is 2.30. The predicted molar refractivity (Wildman–Crippen MR) is 136 cm³/mol. The molecule has 1 aliphatic heterocycles. The van der Waals surface area contributed by atoms with Gasteiger partial charge in [0.1, 0.15) is 22.7 Å². The fourth-order valence-corrected chi connectivity index (χ4v) is 4.18. The van der Waals surface area contributed by atoms with Crippen molar-refractivity contribution < 1.29 is 23.9 Å². The second kappa shape index (κ2) is 10.3. The van der Waals surface area contributed by atoms with E-state index in [9.17, 15) is 14.4 Å². The van der Waals surface area contributed by atoms with Crippen LogP contribution in [0.25, 0.3) is 0 Å². The first-order valence-corrected chi connectivity index (χ1v) is 11.8. The second-order valence-corrected chi connectivity index (χ2v) is 9.24. The Kier molecular flexibility index (Phi) is 7.19. The van der Waals surface area contributed by atoms with Gasteiger partial charge in [0.15, 0.2) is 5.69 Å². The van der Waals surface area contributed by atoms with Crippen LogP contribution < -0.4 is 20.1 Å². The van der Waals surface area contributed by atoms with E-state index in [1.807, 2.05) is 31.2 Å². The highest BCUT2D eigenvalue weighted by Crippen LogP contribution is 2.27. The molecule has 3 aromatic rings. The zero-order chi connectivity index (χ0) is 26.7. The van der Waals surface area contributed by atoms with Crippen molar-refractivity contribution in [3.63, 3.8) is 0 Å². The number of aromatic nitrogens is 2. The molecule has 0 radical (unpaired) electrons. The van der Waals surface area contributed by atoms with E-state index in [0.717, 1.165) is 16.7 Å². The average Bonchev–Trinajstić information content (AvgIpc) is 3.33. The number of aryl methyl sites for hydroxylation is 1. The van der Waals surface area contributed by atoms with Crippen molar-refractivity contribution in [3.8, 4) is 11.5 Å². The summed E-state index contributed by atoms with van der Waals surface area (Å²) in [4.78, 5) is 40.6. The van der Waals surface area contributed by atoms with Gasteiger partial charge in [0.05, 0.1) is 20.8 Å². The molecular weight excluding hydrogens is 474 g/mol. The molecule has 1 aliphatic rings. The van der Waals surface area contributed by atoms with Crippen LogP contribution in [0.1, 0.15) is 44.6 Å². The molecule has 2 aromatic carbocycles. The Morgan fingerprint density at radius 2 is 1.76 bits per heavy atom. The van der Waals surface area contributed by atoms with Gasteiger partial charge in [-0.1, -0.05) is 29.8 Å². The van der Waals surface area contributed by atoms with Crippen LogP contribution in [0.5, 0.6) is 11.5 Å². The van der Waals surface area contributed by atoms with Crippen LogP contribution in [0.2, 0.25) is 0 Å². The van der Waals surface area contributed by atoms with Gasteiger partial charge in [0.2, 0.25) is 5.91 Å². The highest BCUT2D eigenvalue weighted by atomic mass is 16.5. The van der Waals surface area contributed by atoms with E-state index in [-0.39, 0.29) is 36.3 Å². The van der Waals surface area contributed by atoms with Crippen molar-refractivity contribution in [2.45, 2.75) is 39.0 Å². The maximum Gasteiger partial charge on any atom is 0.272 e. The number of nitrogens with zero attached hydrogens (tertiary/aromatic N) is 3. The lowest BCUT2D eigenvalue weighted by molar-refractivity contribution is -0.132. The summed E-state index contributed by atoms with van der Waals surface area (Å²) in [6, 6.07) is 14.6. The minimum atomic E-state index is -1.18. The second-order valence-electron chi connectivity index (χ2n) is 9.24. The van der Waals surface area contributed by atoms with Gasteiger partial charge in [0, 0.05) is 37.8 Å². The van der Waals surface area contributed by atoms with E-state index >= 15 is 0 Å². The number of carbonyl (C=O) groups excluding carboxylic acids is 3. The molecule has 4 rings (SSSR count). The third kappa shape index (κ3) is 5.13. The lowest BCUT2D eigenvalue weighted by Gasteiger charge is -2.40. The summed E-state index contributed by atoms with van der Waals surface area (Å²) in [5.74, 6) is 0.0846. The van der Waals surface area contributed by atoms with Crippen molar-refractivity contribution in [1.82, 2.24) is 25.3 Å². The van der Waals surface area contributed by atoms with Crippen molar-refractivity contribution in [2.24, 2.45) is 0 Å². The van der Waals surface area contributed by atoms with Gasteiger partial charge in [0.25, 0.3) is 11.8 Å². The maximum atomic E-state index is 13.2. The molecule has 0 unspecified atom stereocenters. The summed E-state index contributed by atoms with van der Waals surface area (Å²) < 4.78 is 12.0. The number of hydrogen-bond donors (Lipinski definition) is 2. The topological polar surface area (TPSA) is 115 Å². The number of fused-ring (bicyclic) bond motifs is 1. The van der Waals surface area contributed by atoms with E-state index in [0.29, 0.717) is 18.0 Å². The van der Waals surface area contributed by atoms with Crippen molar-refractivity contribution in [1.29, 1.82) is 0 Å².